The summed E-state index contributed by atoms with van der Waals surface area (Å²) in [6.07, 6.45) is 2.38. The van der Waals surface area contributed by atoms with Crippen LogP contribution in [-0.4, -0.2) is 22.2 Å². The van der Waals surface area contributed by atoms with E-state index in [1.807, 2.05) is 97.1 Å². The third-order valence-corrected chi connectivity index (χ3v) is 6.75. The molecular weight excluding hydrogens is 484 g/mol. The molecule has 1 amide bonds. The first-order valence-electron chi connectivity index (χ1n) is 11.8. The monoisotopic (exact) mass is 508 g/mol. The van der Waals surface area contributed by atoms with Crippen LogP contribution in [0.5, 0.6) is 5.75 Å². The number of fused-ring (bicyclic) bond motifs is 1. The normalized spacial score (nSPS) is 14.1. The van der Waals surface area contributed by atoms with Crippen molar-refractivity contribution in [2.45, 2.75) is 19.4 Å². The highest BCUT2D eigenvalue weighted by Gasteiger charge is 2.23. The number of rotatable bonds is 8. The lowest BCUT2D eigenvalue weighted by Crippen LogP contribution is -2.05. The number of nitrogens with zero attached hydrogens (tertiary/aromatic N) is 1. The number of aliphatic carboxylic acids is 1. The maximum atomic E-state index is 12.7. The molecule has 6 nitrogen and oxygen atoms in total. The number of carbonyl (C=O) groups excluding carboxylic acids is 1. The van der Waals surface area contributed by atoms with Crippen molar-refractivity contribution in [2.75, 3.05) is 5.32 Å². The number of amidine groups is 1. The number of carboxylic acid groups (broad SMARTS) is 1. The zero-order valence-electron chi connectivity index (χ0n) is 19.9. The van der Waals surface area contributed by atoms with Gasteiger partial charge in [0.1, 0.15) is 12.4 Å². The van der Waals surface area contributed by atoms with E-state index in [0.29, 0.717) is 28.9 Å². The lowest BCUT2D eigenvalue weighted by atomic mass is 10.1. The number of aryl methyl sites for hydroxylation is 1. The summed E-state index contributed by atoms with van der Waals surface area (Å²) in [5.41, 5.74) is 3.58. The van der Waals surface area contributed by atoms with Gasteiger partial charge in [0, 0.05) is 17.7 Å². The molecule has 7 heteroatoms. The fraction of sp³-hybridized carbons (Fsp3) is 0.100. The average molecular weight is 509 g/mol. The Balaban J connectivity index is 1.33. The van der Waals surface area contributed by atoms with Gasteiger partial charge in [0.25, 0.3) is 5.91 Å². The van der Waals surface area contributed by atoms with Crippen LogP contribution in [-0.2, 0) is 22.6 Å². The van der Waals surface area contributed by atoms with E-state index in [9.17, 15) is 9.59 Å². The van der Waals surface area contributed by atoms with Gasteiger partial charge in [0.2, 0.25) is 0 Å². The molecule has 1 aliphatic rings. The van der Waals surface area contributed by atoms with Gasteiger partial charge in [0.15, 0.2) is 5.17 Å². The largest absolute Gasteiger partial charge is 0.488 e. The maximum absolute atomic E-state index is 12.7. The van der Waals surface area contributed by atoms with Crippen molar-refractivity contribution in [2.24, 2.45) is 4.99 Å². The first kappa shape index (κ1) is 24.3. The van der Waals surface area contributed by atoms with Crippen molar-refractivity contribution in [1.29, 1.82) is 0 Å². The highest BCUT2D eigenvalue weighted by Crippen LogP contribution is 2.34. The summed E-state index contributed by atoms with van der Waals surface area (Å²) in [6.45, 7) is 0.419. The highest BCUT2D eigenvalue weighted by atomic mass is 32.2. The van der Waals surface area contributed by atoms with Crippen molar-refractivity contribution in [1.82, 2.24) is 0 Å². The second-order valence-corrected chi connectivity index (χ2v) is 9.59. The Hall–Kier alpha value is -4.36. The first-order chi connectivity index (χ1) is 18.0. The SMILES string of the molecule is O=C(O)CCc1ccc(NC2=NC(=O)C(=Cc3cc4ccccc4cc3OCc3ccccc3)S2)cc1. The number of hydrogen-bond acceptors (Lipinski definition) is 5. The molecular formula is C30H24N2O4S. The van der Waals surface area contributed by atoms with Crippen LogP contribution in [0.15, 0.2) is 101 Å². The smallest absolute Gasteiger partial charge is 0.303 e. The molecule has 0 saturated carbocycles. The molecule has 0 spiro atoms. The lowest BCUT2D eigenvalue weighted by Gasteiger charge is -2.12. The minimum absolute atomic E-state index is 0.0871. The molecule has 1 aliphatic heterocycles. The summed E-state index contributed by atoms with van der Waals surface area (Å²) in [6, 6.07) is 29.5. The molecule has 1 heterocycles. The zero-order chi connectivity index (χ0) is 25.6. The number of nitrogens with one attached hydrogen (secondary N) is 1. The number of benzene rings is 4. The maximum Gasteiger partial charge on any atom is 0.303 e. The number of aliphatic imine (C=N–C) groups is 1. The second-order valence-electron chi connectivity index (χ2n) is 8.56. The number of amides is 1. The Kier molecular flexibility index (Phi) is 7.33. The van der Waals surface area contributed by atoms with Crippen molar-refractivity contribution in [3.05, 3.63) is 113 Å². The van der Waals surface area contributed by atoms with Gasteiger partial charge in [0.05, 0.1) is 4.91 Å². The molecule has 184 valence electrons. The van der Waals surface area contributed by atoms with Crippen LogP contribution in [0.1, 0.15) is 23.1 Å². The minimum atomic E-state index is -0.822. The van der Waals surface area contributed by atoms with Crippen LogP contribution in [0.25, 0.3) is 16.8 Å². The van der Waals surface area contributed by atoms with E-state index in [1.54, 1.807) is 0 Å². The standard InChI is InChI=1S/C30H24N2O4S/c33-28(34)15-12-20-10-13-25(14-11-20)31-30-32-29(35)27(37-30)18-24-16-22-8-4-5-9-23(22)17-26(24)36-19-21-6-2-1-3-7-21/h1-11,13-14,16-18H,12,15,19H2,(H,33,34)(H,31,32,35). The summed E-state index contributed by atoms with van der Waals surface area (Å²) < 4.78 is 6.19. The molecule has 37 heavy (non-hydrogen) atoms. The van der Waals surface area contributed by atoms with Gasteiger partial charge in [-0.15, -0.1) is 0 Å². The van der Waals surface area contributed by atoms with Gasteiger partial charge in [-0.2, -0.15) is 4.99 Å². The van der Waals surface area contributed by atoms with Crippen LogP contribution in [0.4, 0.5) is 5.69 Å². The summed E-state index contributed by atoms with van der Waals surface area (Å²) in [4.78, 5) is 28.2. The van der Waals surface area contributed by atoms with Crippen molar-refractivity contribution in [3.8, 4) is 5.75 Å². The number of carbonyl (C=O) groups is 2. The molecule has 4 aromatic rings. The molecule has 0 aromatic heterocycles. The molecule has 0 saturated heterocycles. The van der Waals surface area contributed by atoms with Crippen molar-refractivity contribution >= 4 is 51.3 Å². The van der Waals surface area contributed by atoms with Gasteiger partial charge in [-0.05, 0) is 70.4 Å². The van der Waals surface area contributed by atoms with Crippen LogP contribution in [0, 0.1) is 0 Å². The van der Waals surface area contributed by atoms with Gasteiger partial charge in [-0.25, -0.2) is 0 Å². The molecule has 0 unspecified atom stereocenters. The first-order valence-corrected chi connectivity index (χ1v) is 12.6. The van der Waals surface area contributed by atoms with Crippen LogP contribution in [0.2, 0.25) is 0 Å². The van der Waals surface area contributed by atoms with E-state index in [0.717, 1.165) is 33.2 Å². The summed E-state index contributed by atoms with van der Waals surface area (Å²) >= 11 is 1.27. The summed E-state index contributed by atoms with van der Waals surface area (Å²) in [5, 5.41) is 14.6. The van der Waals surface area contributed by atoms with Crippen molar-refractivity contribution < 1.29 is 19.4 Å². The topological polar surface area (TPSA) is 88.0 Å². The molecule has 0 aliphatic carbocycles. The fourth-order valence-electron chi connectivity index (χ4n) is 3.94. The third kappa shape index (κ3) is 6.26. The van der Waals surface area contributed by atoms with Gasteiger partial charge < -0.3 is 15.2 Å². The zero-order valence-corrected chi connectivity index (χ0v) is 20.7. The molecule has 0 radical (unpaired) electrons. The van der Waals surface area contributed by atoms with E-state index >= 15 is 0 Å². The Bertz CT molecular complexity index is 1510. The van der Waals surface area contributed by atoms with E-state index in [4.69, 9.17) is 9.84 Å². The lowest BCUT2D eigenvalue weighted by molar-refractivity contribution is -0.137. The molecule has 4 aromatic carbocycles. The Morgan fingerprint density at radius 1 is 0.919 bits per heavy atom. The average Bonchev–Trinajstić information content (AvgIpc) is 3.25. The number of anilines is 1. The molecule has 5 rings (SSSR count). The van der Waals surface area contributed by atoms with E-state index < -0.39 is 5.97 Å². The predicted octanol–water partition coefficient (Wildman–Crippen LogP) is 6.52. The third-order valence-electron chi connectivity index (χ3n) is 5.86. The number of hydrogen-bond donors (Lipinski definition) is 2. The van der Waals surface area contributed by atoms with Crippen LogP contribution < -0.4 is 10.1 Å². The van der Waals surface area contributed by atoms with Gasteiger partial charge in [-0.1, -0.05) is 66.7 Å². The van der Waals surface area contributed by atoms with Crippen LogP contribution >= 0.6 is 11.8 Å². The second kappa shape index (κ2) is 11.1. The van der Waals surface area contributed by atoms with Gasteiger partial charge in [-0.3, -0.25) is 9.59 Å². The van der Waals surface area contributed by atoms with Crippen molar-refractivity contribution in [3.63, 3.8) is 0 Å². The van der Waals surface area contributed by atoms with E-state index in [-0.39, 0.29) is 12.3 Å². The molecule has 0 atom stereocenters. The number of ether oxygens (including phenoxy) is 1. The van der Waals surface area contributed by atoms with Gasteiger partial charge >= 0.3 is 5.97 Å². The van der Waals surface area contributed by atoms with E-state index in [1.165, 1.54) is 11.8 Å². The molecule has 0 fully saturated rings. The molecule has 2 N–H and O–H groups in total. The Morgan fingerprint density at radius 2 is 1.62 bits per heavy atom. The Morgan fingerprint density at radius 3 is 2.35 bits per heavy atom. The fourth-order valence-corrected chi connectivity index (χ4v) is 4.77. The Labute approximate surface area is 218 Å². The van der Waals surface area contributed by atoms with E-state index in [2.05, 4.69) is 10.3 Å². The minimum Gasteiger partial charge on any atom is -0.488 e. The number of thioether (sulfide) groups is 1. The summed E-state index contributed by atoms with van der Waals surface area (Å²) in [5.74, 6) is -0.439. The van der Waals surface area contributed by atoms with Crippen LogP contribution in [0.3, 0.4) is 0 Å². The number of carboxylic acids is 1. The quantitative estimate of drug-likeness (QED) is 0.264. The summed E-state index contributed by atoms with van der Waals surface area (Å²) in [7, 11) is 0. The highest BCUT2D eigenvalue weighted by molar-refractivity contribution is 8.18. The predicted molar refractivity (Wildman–Crippen MR) is 149 cm³/mol. The molecule has 0 bridgehead atoms.